The molecule has 1 aromatic carbocycles. The largest absolute Gasteiger partial charge is 0.480 e. The Morgan fingerprint density at radius 2 is 1.84 bits per heavy atom. The van der Waals surface area contributed by atoms with E-state index in [9.17, 15) is 9.59 Å². The van der Waals surface area contributed by atoms with Gasteiger partial charge in [0.25, 0.3) is 0 Å². The molecule has 1 aromatic rings. The first-order valence-electron chi connectivity index (χ1n) is 6.22. The molecule has 0 bridgehead atoms. The van der Waals surface area contributed by atoms with Crippen molar-refractivity contribution >= 4 is 12.0 Å². The normalized spacial score (nSPS) is 13.4. The van der Waals surface area contributed by atoms with Gasteiger partial charge in [-0.3, -0.25) is 0 Å². The van der Waals surface area contributed by atoms with Crippen LogP contribution in [-0.4, -0.2) is 41.6 Å². The zero-order valence-corrected chi connectivity index (χ0v) is 11.5. The topological polar surface area (TPSA) is 69.6 Å². The molecular weight excluding hydrogens is 244 g/mol. The molecule has 0 fully saturated rings. The van der Waals surface area contributed by atoms with Crippen LogP contribution in [0.4, 0.5) is 4.79 Å². The molecule has 0 aliphatic carbocycles. The summed E-state index contributed by atoms with van der Waals surface area (Å²) >= 11 is 0. The Labute approximate surface area is 113 Å². The smallest absolute Gasteiger partial charge is 0.326 e. The molecule has 2 N–H and O–H groups in total. The van der Waals surface area contributed by atoms with Crippen LogP contribution >= 0.6 is 0 Å². The fourth-order valence-electron chi connectivity index (χ4n) is 1.61. The molecule has 0 radical (unpaired) electrons. The predicted molar refractivity (Wildman–Crippen MR) is 73.1 cm³/mol. The molecule has 0 aliphatic rings. The van der Waals surface area contributed by atoms with Gasteiger partial charge in [-0.25, -0.2) is 9.59 Å². The number of hydrogen-bond acceptors (Lipinski definition) is 2. The molecular formula is C14H20N2O3. The van der Waals surface area contributed by atoms with Crippen molar-refractivity contribution in [2.75, 3.05) is 13.6 Å². The minimum Gasteiger partial charge on any atom is -0.480 e. The van der Waals surface area contributed by atoms with Crippen molar-refractivity contribution in [3.63, 3.8) is 0 Å². The quantitative estimate of drug-likeness (QED) is 0.853. The Bertz CT molecular complexity index is 434. The summed E-state index contributed by atoms with van der Waals surface area (Å²) in [6, 6.07) is 8.63. The minimum atomic E-state index is -1.02. The summed E-state index contributed by atoms with van der Waals surface area (Å²) in [5.74, 6) is -0.840. The predicted octanol–water partition coefficient (Wildman–Crippen LogP) is 1.90. The maximum Gasteiger partial charge on any atom is 0.326 e. The van der Waals surface area contributed by atoms with Crippen molar-refractivity contribution in [2.45, 2.75) is 25.8 Å². The van der Waals surface area contributed by atoms with E-state index in [4.69, 9.17) is 5.11 Å². The minimum absolute atomic E-state index is 0.179. The average Bonchev–Trinajstić information content (AvgIpc) is 2.43. The van der Waals surface area contributed by atoms with Gasteiger partial charge in [0.1, 0.15) is 6.04 Å². The van der Waals surface area contributed by atoms with Crippen LogP contribution in [-0.2, 0) is 4.79 Å². The second-order valence-electron chi connectivity index (χ2n) is 4.62. The fourth-order valence-corrected chi connectivity index (χ4v) is 1.61. The van der Waals surface area contributed by atoms with Gasteiger partial charge >= 0.3 is 12.0 Å². The molecule has 0 saturated heterocycles. The van der Waals surface area contributed by atoms with Gasteiger partial charge < -0.3 is 15.3 Å². The van der Waals surface area contributed by atoms with Crippen LogP contribution in [0.5, 0.6) is 0 Å². The molecule has 2 unspecified atom stereocenters. The highest BCUT2D eigenvalue weighted by molar-refractivity contribution is 5.82. The lowest BCUT2D eigenvalue weighted by Gasteiger charge is -2.23. The van der Waals surface area contributed by atoms with Gasteiger partial charge in [-0.1, -0.05) is 37.3 Å². The number of urea groups is 1. The van der Waals surface area contributed by atoms with Crippen LogP contribution in [0.2, 0.25) is 0 Å². The summed E-state index contributed by atoms with van der Waals surface area (Å²) in [5, 5.41) is 11.6. The fraction of sp³-hybridized carbons (Fsp3) is 0.429. The first-order chi connectivity index (χ1) is 8.93. The number of carbonyl (C=O) groups excluding carboxylic acids is 1. The maximum absolute atomic E-state index is 11.8. The van der Waals surface area contributed by atoms with Crippen molar-refractivity contribution in [1.29, 1.82) is 0 Å². The number of likely N-dealkylation sites (N-methyl/N-ethyl adjacent to an activating group) is 1. The molecule has 5 nitrogen and oxygen atoms in total. The molecule has 0 spiro atoms. The van der Waals surface area contributed by atoms with Crippen LogP contribution in [0.25, 0.3) is 0 Å². The number of aliphatic carboxylic acids is 1. The lowest BCUT2D eigenvalue weighted by atomic mass is 10.0. The molecule has 0 aromatic heterocycles. The van der Waals surface area contributed by atoms with Crippen LogP contribution < -0.4 is 5.32 Å². The summed E-state index contributed by atoms with van der Waals surface area (Å²) < 4.78 is 0. The third-order valence-corrected chi connectivity index (χ3v) is 3.19. The number of benzene rings is 1. The zero-order chi connectivity index (χ0) is 14.4. The number of rotatable bonds is 5. The van der Waals surface area contributed by atoms with Crippen molar-refractivity contribution in [2.24, 2.45) is 0 Å². The first-order valence-corrected chi connectivity index (χ1v) is 6.22. The summed E-state index contributed by atoms with van der Waals surface area (Å²) in [5.41, 5.74) is 1.14. The SMILES string of the molecule is CC(CNC(=O)N(C)C(C)C(=O)O)c1ccccc1. The average molecular weight is 264 g/mol. The van der Waals surface area contributed by atoms with E-state index in [0.29, 0.717) is 6.54 Å². The van der Waals surface area contributed by atoms with Crippen molar-refractivity contribution in [3.8, 4) is 0 Å². The molecule has 19 heavy (non-hydrogen) atoms. The van der Waals surface area contributed by atoms with Gasteiger partial charge in [-0.2, -0.15) is 0 Å². The van der Waals surface area contributed by atoms with Gasteiger partial charge in [0, 0.05) is 13.6 Å². The van der Waals surface area contributed by atoms with Gasteiger partial charge in [-0.15, -0.1) is 0 Å². The van der Waals surface area contributed by atoms with Gasteiger partial charge in [0.2, 0.25) is 0 Å². The van der Waals surface area contributed by atoms with E-state index in [1.807, 2.05) is 37.3 Å². The Morgan fingerprint density at radius 3 is 2.37 bits per heavy atom. The summed E-state index contributed by atoms with van der Waals surface area (Å²) in [6.07, 6.45) is 0. The lowest BCUT2D eigenvalue weighted by molar-refractivity contribution is -0.141. The molecule has 0 saturated carbocycles. The highest BCUT2D eigenvalue weighted by Gasteiger charge is 2.21. The number of carboxylic acid groups (broad SMARTS) is 1. The third-order valence-electron chi connectivity index (χ3n) is 3.19. The molecule has 0 aliphatic heterocycles. The van der Waals surface area contributed by atoms with E-state index < -0.39 is 12.0 Å². The van der Waals surface area contributed by atoms with Crippen molar-refractivity contribution < 1.29 is 14.7 Å². The van der Waals surface area contributed by atoms with Gasteiger partial charge in [0.05, 0.1) is 0 Å². The molecule has 5 heteroatoms. The van der Waals surface area contributed by atoms with E-state index in [2.05, 4.69) is 5.32 Å². The molecule has 104 valence electrons. The van der Waals surface area contributed by atoms with E-state index >= 15 is 0 Å². The third kappa shape index (κ3) is 4.28. The van der Waals surface area contributed by atoms with Crippen molar-refractivity contribution in [3.05, 3.63) is 35.9 Å². The highest BCUT2D eigenvalue weighted by atomic mass is 16.4. The number of hydrogen-bond donors (Lipinski definition) is 2. The van der Waals surface area contributed by atoms with Crippen LogP contribution in [0.1, 0.15) is 25.3 Å². The van der Waals surface area contributed by atoms with Crippen LogP contribution in [0.3, 0.4) is 0 Å². The second-order valence-corrected chi connectivity index (χ2v) is 4.62. The molecule has 0 heterocycles. The summed E-state index contributed by atoms with van der Waals surface area (Å²) in [7, 11) is 1.47. The van der Waals surface area contributed by atoms with E-state index in [1.165, 1.54) is 18.9 Å². The molecule has 2 atom stereocenters. The lowest BCUT2D eigenvalue weighted by Crippen LogP contribution is -2.46. The Balaban J connectivity index is 2.48. The number of nitrogens with one attached hydrogen (secondary N) is 1. The Hall–Kier alpha value is -2.04. The summed E-state index contributed by atoms with van der Waals surface area (Å²) in [6.45, 7) is 3.96. The van der Waals surface area contributed by atoms with Crippen LogP contribution in [0.15, 0.2) is 30.3 Å². The Kier molecular flexibility index (Phi) is 5.36. The highest BCUT2D eigenvalue weighted by Crippen LogP contribution is 2.13. The molecule has 2 amide bonds. The first kappa shape index (κ1) is 15.0. The van der Waals surface area contributed by atoms with E-state index in [-0.39, 0.29) is 11.9 Å². The summed E-state index contributed by atoms with van der Waals surface area (Å²) in [4.78, 5) is 23.7. The number of carbonyl (C=O) groups is 2. The number of amides is 2. The Morgan fingerprint density at radius 1 is 1.26 bits per heavy atom. The maximum atomic E-state index is 11.8. The van der Waals surface area contributed by atoms with E-state index in [0.717, 1.165) is 5.56 Å². The molecule has 1 rings (SSSR count). The monoisotopic (exact) mass is 264 g/mol. The van der Waals surface area contributed by atoms with Gasteiger partial charge in [0.15, 0.2) is 0 Å². The standard InChI is InChI=1S/C14H20N2O3/c1-10(12-7-5-4-6-8-12)9-15-14(19)16(3)11(2)13(17)18/h4-8,10-11H,9H2,1-3H3,(H,15,19)(H,17,18). The second kappa shape index (κ2) is 6.78. The van der Waals surface area contributed by atoms with Gasteiger partial charge in [-0.05, 0) is 18.4 Å². The van der Waals surface area contributed by atoms with Crippen LogP contribution in [0, 0.1) is 0 Å². The zero-order valence-electron chi connectivity index (χ0n) is 11.5. The van der Waals surface area contributed by atoms with Crippen molar-refractivity contribution in [1.82, 2.24) is 10.2 Å². The number of nitrogens with zero attached hydrogens (tertiary/aromatic N) is 1. The van der Waals surface area contributed by atoms with E-state index in [1.54, 1.807) is 0 Å². The number of carboxylic acids is 1.